The van der Waals surface area contributed by atoms with Gasteiger partial charge in [-0.05, 0) is 53.4 Å². The molecule has 12 rings (SSSR count). The molecular weight excluding hydrogens is 607 g/mol. The minimum absolute atomic E-state index is 0.148. The van der Waals surface area contributed by atoms with Crippen molar-refractivity contribution in [1.29, 1.82) is 0 Å². The highest BCUT2D eigenvalue weighted by Crippen LogP contribution is 2.48. The summed E-state index contributed by atoms with van der Waals surface area (Å²) in [4.78, 5) is 2.79. The average Bonchev–Trinajstić information content (AvgIpc) is 3.79. The van der Waals surface area contributed by atoms with Gasteiger partial charge in [0.25, 0.3) is 0 Å². The van der Waals surface area contributed by atoms with Gasteiger partial charge in [0, 0.05) is 62.9 Å². The number of fused-ring (bicyclic) bond motifs is 15. The van der Waals surface area contributed by atoms with Crippen molar-refractivity contribution in [2.24, 2.45) is 0 Å². The van der Waals surface area contributed by atoms with Gasteiger partial charge in [-0.25, -0.2) is 0 Å². The average molecular weight is 631 g/mol. The minimum Gasteiger partial charge on any atom is -0.310 e. The Labute approximate surface area is 278 Å². The first-order chi connectivity index (χ1) is 23.3. The standard InChI is InChI=1S/C42H23BN2S2/c1-2-12-24(13-3-1)44-32-18-8-4-14-25(32)28-22-31-40-37(39(28)44)27-16-5-9-19-33(27)45(40)34-23-29-26-15-6-10-20-35(26)46-41(29)42-38(34)43(31)30-17-7-11-21-36(30)47-42/h1-23H. The van der Waals surface area contributed by atoms with Crippen molar-refractivity contribution in [3.05, 3.63) is 140 Å². The van der Waals surface area contributed by atoms with Crippen LogP contribution in [0.25, 0.3) is 75.2 Å². The molecule has 3 aromatic heterocycles. The van der Waals surface area contributed by atoms with E-state index in [-0.39, 0.29) is 6.71 Å². The Bertz CT molecular complexity index is 3000. The number of benzene rings is 7. The lowest BCUT2D eigenvalue weighted by Crippen LogP contribution is -2.58. The third-order valence-electron chi connectivity index (χ3n) is 10.5. The summed E-state index contributed by atoms with van der Waals surface area (Å²) in [6, 6.07) is 52.1. The van der Waals surface area contributed by atoms with Gasteiger partial charge in [-0.1, -0.05) is 114 Å². The lowest BCUT2D eigenvalue weighted by atomic mass is 9.35. The van der Waals surface area contributed by atoms with Crippen LogP contribution in [0.4, 0.5) is 0 Å². The van der Waals surface area contributed by atoms with E-state index < -0.39 is 0 Å². The van der Waals surface area contributed by atoms with E-state index in [1.54, 1.807) is 0 Å². The van der Waals surface area contributed by atoms with Crippen LogP contribution in [0.5, 0.6) is 0 Å². The zero-order valence-electron chi connectivity index (χ0n) is 25.1. The van der Waals surface area contributed by atoms with Crippen LogP contribution < -0.4 is 16.4 Å². The molecule has 0 spiro atoms. The van der Waals surface area contributed by atoms with Crippen LogP contribution in [0.2, 0.25) is 0 Å². The van der Waals surface area contributed by atoms with Crippen LogP contribution in [0.15, 0.2) is 149 Å². The molecule has 10 aromatic rings. The fourth-order valence-electron chi connectivity index (χ4n) is 8.75. The number of hydrogen-bond donors (Lipinski definition) is 0. The molecular formula is C42H23BN2S2. The molecule has 0 saturated carbocycles. The molecule has 0 amide bonds. The maximum absolute atomic E-state index is 2.61. The van der Waals surface area contributed by atoms with Crippen LogP contribution in [0, 0.1) is 0 Å². The highest BCUT2D eigenvalue weighted by Gasteiger charge is 2.41. The normalized spacial score (nSPS) is 13.4. The van der Waals surface area contributed by atoms with Gasteiger partial charge in [0.15, 0.2) is 0 Å². The van der Waals surface area contributed by atoms with Crippen LogP contribution in [0.3, 0.4) is 0 Å². The second kappa shape index (κ2) is 8.77. The Morgan fingerprint density at radius 1 is 0.511 bits per heavy atom. The zero-order chi connectivity index (χ0) is 30.4. The van der Waals surface area contributed by atoms with Gasteiger partial charge in [-0.15, -0.1) is 11.3 Å². The van der Waals surface area contributed by atoms with E-state index in [4.69, 9.17) is 0 Å². The first kappa shape index (κ1) is 24.9. The van der Waals surface area contributed by atoms with Gasteiger partial charge in [0.1, 0.15) is 0 Å². The number of hydrogen-bond acceptors (Lipinski definition) is 2. The van der Waals surface area contributed by atoms with Gasteiger partial charge in [-0.3, -0.25) is 0 Å². The molecule has 0 radical (unpaired) electrons. The van der Waals surface area contributed by atoms with Crippen molar-refractivity contribution in [3.63, 3.8) is 0 Å². The molecule has 216 valence electrons. The maximum Gasteiger partial charge on any atom is 0.249 e. The summed E-state index contributed by atoms with van der Waals surface area (Å²) in [5, 5.41) is 7.97. The number of para-hydroxylation sites is 3. The second-order valence-electron chi connectivity index (χ2n) is 12.8. The van der Waals surface area contributed by atoms with E-state index in [0.29, 0.717) is 0 Å². The van der Waals surface area contributed by atoms with Gasteiger partial charge in [0.05, 0.1) is 22.1 Å². The number of thiophene rings is 1. The van der Waals surface area contributed by atoms with Crippen molar-refractivity contribution in [1.82, 2.24) is 9.13 Å². The van der Waals surface area contributed by atoms with E-state index in [0.717, 1.165) is 0 Å². The first-order valence-corrected chi connectivity index (χ1v) is 17.8. The first-order valence-electron chi connectivity index (χ1n) is 16.1. The predicted molar refractivity (Wildman–Crippen MR) is 203 cm³/mol. The Morgan fingerprint density at radius 2 is 1.21 bits per heavy atom. The second-order valence-corrected chi connectivity index (χ2v) is 14.9. The Balaban J connectivity index is 1.37. The quantitative estimate of drug-likeness (QED) is 0.164. The molecule has 0 bridgehead atoms. The summed E-state index contributed by atoms with van der Waals surface area (Å²) in [5.41, 5.74) is 11.9. The van der Waals surface area contributed by atoms with Gasteiger partial charge in [-0.2, -0.15) is 0 Å². The minimum atomic E-state index is 0.148. The third kappa shape index (κ3) is 3.01. The molecule has 0 aliphatic carbocycles. The molecule has 0 atom stereocenters. The lowest BCUT2D eigenvalue weighted by molar-refractivity contribution is 1.18. The SMILES string of the molecule is c1ccc(-n2c3ccccc3c3cc4c5c(c6ccccc6n5-c5cc6c(sc7ccccc76)c6c5B4c4ccccc4S6)c32)cc1. The predicted octanol–water partition coefficient (Wildman–Crippen LogP) is 9.54. The molecule has 2 aliphatic rings. The molecule has 2 nitrogen and oxygen atoms in total. The highest BCUT2D eigenvalue weighted by atomic mass is 32.2. The van der Waals surface area contributed by atoms with Crippen LogP contribution in [0.1, 0.15) is 0 Å². The van der Waals surface area contributed by atoms with Crippen molar-refractivity contribution >= 4 is 110 Å². The summed E-state index contributed by atoms with van der Waals surface area (Å²) in [6.07, 6.45) is 0. The zero-order valence-corrected chi connectivity index (χ0v) is 26.7. The third-order valence-corrected chi connectivity index (χ3v) is 13.1. The summed E-state index contributed by atoms with van der Waals surface area (Å²) in [7, 11) is 0. The Kier molecular flexibility index (Phi) is 4.65. The smallest absolute Gasteiger partial charge is 0.249 e. The van der Waals surface area contributed by atoms with Gasteiger partial charge >= 0.3 is 0 Å². The van der Waals surface area contributed by atoms with Gasteiger partial charge in [0.2, 0.25) is 6.71 Å². The maximum atomic E-state index is 2.61. The van der Waals surface area contributed by atoms with E-state index in [1.807, 2.05) is 23.1 Å². The Hall–Kier alpha value is -5.23. The van der Waals surface area contributed by atoms with Crippen molar-refractivity contribution in [2.45, 2.75) is 9.79 Å². The summed E-state index contributed by atoms with van der Waals surface area (Å²) in [5.74, 6) is 0. The summed E-state index contributed by atoms with van der Waals surface area (Å²) >= 11 is 3.91. The molecule has 47 heavy (non-hydrogen) atoms. The molecule has 0 unspecified atom stereocenters. The summed E-state index contributed by atoms with van der Waals surface area (Å²) in [6.45, 7) is 0.148. The van der Waals surface area contributed by atoms with E-state index in [2.05, 4.69) is 149 Å². The lowest BCUT2D eigenvalue weighted by Gasteiger charge is -2.33. The number of rotatable bonds is 1. The monoisotopic (exact) mass is 630 g/mol. The fourth-order valence-corrected chi connectivity index (χ4v) is 11.3. The van der Waals surface area contributed by atoms with Gasteiger partial charge < -0.3 is 9.13 Å². The molecule has 0 saturated heterocycles. The molecule has 0 fully saturated rings. The van der Waals surface area contributed by atoms with Crippen molar-refractivity contribution in [2.75, 3.05) is 0 Å². The Morgan fingerprint density at radius 3 is 2.09 bits per heavy atom. The molecule has 0 N–H and O–H groups in total. The number of nitrogens with zero attached hydrogens (tertiary/aromatic N) is 2. The fraction of sp³-hybridized carbons (Fsp3) is 0. The molecule has 5 heterocycles. The van der Waals surface area contributed by atoms with Crippen LogP contribution >= 0.6 is 23.1 Å². The topological polar surface area (TPSA) is 9.86 Å². The van der Waals surface area contributed by atoms with E-state index in [9.17, 15) is 0 Å². The summed E-state index contributed by atoms with van der Waals surface area (Å²) < 4.78 is 7.88. The number of aromatic nitrogens is 2. The van der Waals surface area contributed by atoms with Crippen LogP contribution in [-0.4, -0.2) is 15.8 Å². The highest BCUT2D eigenvalue weighted by molar-refractivity contribution is 8.00. The largest absolute Gasteiger partial charge is 0.310 e. The van der Waals surface area contributed by atoms with Crippen molar-refractivity contribution in [3.8, 4) is 11.4 Å². The van der Waals surface area contributed by atoms with Crippen LogP contribution in [-0.2, 0) is 0 Å². The van der Waals surface area contributed by atoms with E-state index >= 15 is 0 Å². The molecule has 7 aromatic carbocycles. The van der Waals surface area contributed by atoms with E-state index in [1.165, 1.54) is 101 Å². The molecule has 2 aliphatic heterocycles. The van der Waals surface area contributed by atoms with Crippen molar-refractivity contribution < 1.29 is 0 Å². The molecule has 5 heteroatoms.